The van der Waals surface area contributed by atoms with Crippen LogP contribution in [0.5, 0.6) is 0 Å². The van der Waals surface area contributed by atoms with Crippen LogP contribution in [0.4, 0.5) is 42.0 Å². The van der Waals surface area contributed by atoms with E-state index < -0.39 is 25.2 Å². The maximum Gasteiger partial charge on any atom is 0.421 e. The highest BCUT2D eigenvalue weighted by Crippen LogP contribution is 2.45. The van der Waals surface area contributed by atoms with Gasteiger partial charge < -0.3 is 34.8 Å². The second-order valence-electron chi connectivity index (χ2n) is 10.6. The number of halogens is 3. The van der Waals surface area contributed by atoms with Crippen molar-refractivity contribution in [3.63, 3.8) is 0 Å². The fourth-order valence-electron chi connectivity index (χ4n) is 5.16. The smallest absolute Gasteiger partial charge is 0.369 e. The van der Waals surface area contributed by atoms with E-state index in [4.69, 9.17) is 4.52 Å². The van der Waals surface area contributed by atoms with Gasteiger partial charge in [-0.2, -0.15) is 18.2 Å². The van der Waals surface area contributed by atoms with Crippen LogP contribution in [0.3, 0.4) is 0 Å². The van der Waals surface area contributed by atoms with E-state index in [1.807, 2.05) is 13.1 Å². The molecule has 1 unspecified atom stereocenters. The van der Waals surface area contributed by atoms with Gasteiger partial charge in [0.25, 0.3) is 5.91 Å². The van der Waals surface area contributed by atoms with Crippen molar-refractivity contribution in [3.8, 4) is 0 Å². The number of hydrogen-bond donors (Lipinski definition) is 3. The molecule has 3 heterocycles. The molecule has 2 aliphatic rings. The topological polar surface area (TPSA) is 123 Å². The predicted octanol–water partition coefficient (Wildman–Crippen LogP) is 5.04. The molecule has 0 aliphatic carbocycles. The summed E-state index contributed by atoms with van der Waals surface area (Å²) in [6.45, 7) is 5.35. The second-order valence-corrected chi connectivity index (χ2v) is 12.4. The van der Waals surface area contributed by atoms with Crippen LogP contribution in [0.1, 0.15) is 34.0 Å². The van der Waals surface area contributed by atoms with E-state index in [0.717, 1.165) is 37.4 Å². The number of fused-ring (bicyclic) bond motifs is 1. The second kappa shape index (κ2) is 12.1. The van der Waals surface area contributed by atoms with Crippen molar-refractivity contribution < 1.29 is 31.9 Å². The van der Waals surface area contributed by atoms with E-state index in [-0.39, 0.29) is 30.3 Å². The van der Waals surface area contributed by atoms with Crippen molar-refractivity contribution in [2.45, 2.75) is 25.8 Å². The summed E-state index contributed by atoms with van der Waals surface area (Å²) in [6.07, 6.45) is -4.26. The van der Waals surface area contributed by atoms with Crippen LogP contribution in [0, 0.1) is 0 Å². The van der Waals surface area contributed by atoms with Gasteiger partial charge in [0.1, 0.15) is 11.4 Å². The molecule has 0 radical (unpaired) electrons. The zero-order valence-electron chi connectivity index (χ0n) is 24.0. The fraction of sp³-hybridized carbons (Fsp3) is 0.393. The average molecular weight is 620 g/mol. The monoisotopic (exact) mass is 619 g/mol. The van der Waals surface area contributed by atoms with Crippen molar-refractivity contribution in [1.82, 2.24) is 19.8 Å². The van der Waals surface area contributed by atoms with E-state index in [0.29, 0.717) is 29.6 Å². The summed E-state index contributed by atoms with van der Waals surface area (Å²) in [5.74, 6) is -0.901. The Hall–Kier alpha value is -3.71. The maximum absolute atomic E-state index is 14.0. The summed E-state index contributed by atoms with van der Waals surface area (Å²) in [5, 5.41) is 5.65. The molecule has 0 bridgehead atoms. The highest BCUT2D eigenvalue weighted by atomic mass is 31.2. The molecule has 1 atom stereocenters. The number of likely N-dealkylation sites (N-methyl/N-ethyl adjacent to an activating group) is 1. The molecule has 0 spiro atoms. The lowest BCUT2D eigenvalue weighted by molar-refractivity contribution is -0.137. The number of carbonyl (C=O) groups is 1. The van der Waals surface area contributed by atoms with Gasteiger partial charge >= 0.3 is 13.8 Å². The minimum Gasteiger partial charge on any atom is -0.369 e. The average Bonchev–Trinajstić information content (AvgIpc) is 3.24. The molecule has 2 aliphatic heterocycles. The minimum absolute atomic E-state index is 0.100. The Bertz CT molecular complexity index is 1550. The number of carbonyl (C=O) groups excluding carboxylic acids is 1. The molecule has 1 amide bonds. The summed E-state index contributed by atoms with van der Waals surface area (Å²) in [4.78, 5) is 37.0. The number of nitrogens with zero attached hydrogens (tertiary/aromatic N) is 5. The normalized spacial score (nSPS) is 17.1. The Morgan fingerprint density at radius 2 is 1.74 bits per heavy atom. The Morgan fingerprint density at radius 1 is 1.05 bits per heavy atom. The quantitative estimate of drug-likeness (QED) is 0.281. The Balaban J connectivity index is 1.43. The summed E-state index contributed by atoms with van der Waals surface area (Å²) >= 11 is 0. The first-order chi connectivity index (χ1) is 20.3. The molecule has 5 rings (SSSR count). The number of anilines is 5. The standard InChI is InChI=1S/C28H33F3N7O4P/c1-4-42-43(40,41)17-18-5-7-19(8-6-18)33-27-32-15-21(28(29,30)31)25(35-27)34-22-9-10-23(38-13-11-36(2)12-14-38)20-16-37(3)26(39)24(20)22/h5-10,15H,4,11-14,16-17H2,1-3H3,(H,40,41)(H2,32,33,34,35). The first-order valence-corrected chi connectivity index (χ1v) is 15.5. The summed E-state index contributed by atoms with van der Waals surface area (Å²) < 4.78 is 59.0. The number of rotatable bonds is 9. The molecule has 1 fully saturated rings. The molecule has 2 aromatic carbocycles. The molecule has 43 heavy (non-hydrogen) atoms. The zero-order chi connectivity index (χ0) is 30.9. The van der Waals surface area contributed by atoms with E-state index in [2.05, 4.69) is 30.4 Å². The van der Waals surface area contributed by atoms with Gasteiger partial charge in [0.2, 0.25) is 5.95 Å². The molecular formula is C28H33F3N7O4P. The van der Waals surface area contributed by atoms with Gasteiger partial charge in [-0.25, -0.2) is 4.98 Å². The Labute approximate surface area is 247 Å². The van der Waals surface area contributed by atoms with Gasteiger partial charge in [-0.05, 0) is 43.8 Å². The number of piperazine rings is 1. The lowest BCUT2D eigenvalue weighted by Crippen LogP contribution is -2.44. The number of hydrogen-bond acceptors (Lipinski definition) is 9. The summed E-state index contributed by atoms with van der Waals surface area (Å²) in [7, 11) is -0.0704. The predicted molar refractivity (Wildman–Crippen MR) is 157 cm³/mol. The van der Waals surface area contributed by atoms with E-state index >= 15 is 0 Å². The Morgan fingerprint density at radius 3 is 2.40 bits per heavy atom. The summed E-state index contributed by atoms with van der Waals surface area (Å²) in [6, 6.07) is 9.84. The minimum atomic E-state index is -4.76. The fourth-order valence-corrected chi connectivity index (χ4v) is 6.33. The number of nitrogens with one attached hydrogen (secondary N) is 2. The summed E-state index contributed by atoms with van der Waals surface area (Å²) in [5.41, 5.74) is 2.12. The van der Waals surface area contributed by atoms with Crippen LogP contribution < -0.4 is 15.5 Å². The molecule has 1 saturated heterocycles. The highest BCUT2D eigenvalue weighted by molar-refractivity contribution is 7.51. The molecule has 0 saturated carbocycles. The number of amides is 1. The third kappa shape index (κ3) is 6.93. The molecule has 15 heteroatoms. The zero-order valence-corrected chi connectivity index (χ0v) is 24.9. The van der Waals surface area contributed by atoms with Crippen molar-refractivity contribution in [2.24, 2.45) is 0 Å². The molecule has 230 valence electrons. The van der Waals surface area contributed by atoms with E-state index in [1.54, 1.807) is 49.2 Å². The molecule has 11 nitrogen and oxygen atoms in total. The van der Waals surface area contributed by atoms with Crippen molar-refractivity contribution in [1.29, 1.82) is 0 Å². The highest BCUT2D eigenvalue weighted by Gasteiger charge is 2.37. The van der Waals surface area contributed by atoms with Gasteiger partial charge in [0.05, 0.1) is 24.0 Å². The van der Waals surface area contributed by atoms with Crippen LogP contribution in [0.25, 0.3) is 0 Å². The van der Waals surface area contributed by atoms with Crippen LogP contribution in [-0.2, 0) is 28.0 Å². The van der Waals surface area contributed by atoms with Gasteiger partial charge in [0.15, 0.2) is 0 Å². The lowest BCUT2D eigenvalue weighted by Gasteiger charge is -2.35. The van der Waals surface area contributed by atoms with E-state index in [9.17, 15) is 27.4 Å². The number of aromatic nitrogens is 2. The molecule has 1 aromatic heterocycles. The van der Waals surface area contributed by atoms with Gasteiger partial charge in [-0.1, -0.05) is 12.1 Å². The van der Waals surface area contributed by atoms with Crippen molar-refractivity contribution in [2.75, 3.05) is 62.4 Å². The largest absolute Gasteiger partial charge is 0.421 e. The first-order valence-electron chi connectivity index (χ1n) is 13.7. The first kappa shape index (κ1) is 30.7. The number of alkyl halides is 3. The van der Waals surface area contributed by atoms with Crippen LogP contribution >= 0.6 is 7.60 Å². The SMILES string of the molecule is CCOP(=O)(O)Cc1ccc(Nc2ncc(C(F)(F)F)c(Nc3ccc(N4CCN(C)CC4)c4c3C(=O)N(C)C4)n2)cc1. The maximum atomic E-state index is 14.0. The van der Waals surface area contributed by atoms with Crippen LogP contribution in [0.15, 0.2) is 42.6 Å². The third-order valence-corrected chi connectivity index (χ3v) is 8.78. The van der Waals surface area contributed by atoms with Crippen LogP contribution in [0.2, 0.25) is 0 Å². The molecule has 3 aromatic rings. The third-order valence-electron chi connectivity index (χ3n) is 7.36. The lowest BCUT2D eigenvalue weighted by atomic mass is 10.0. The van der Waals surface area contributed by atoms with E-state index in [1.165, 1.54) is 0 Å². The van der Waals surface area contributed by atoms with Gasteiger partial charge in [-0.3, -0.25) is 9.36 Å². The Kier molecular flexibility index (Phi) is 8.66. The molecular weight excluding hydrogens is 586 g/mol. The molecule has 3 N–H and O–H groups in total. The van der Waals surface area contributed by atoms with Crippen LogP contribution in [-0.4, -0.2) is 77.4 Å². The van der Waals surface area contributed by atoms with Gasteiger partial charge in [0, 0.05) is 62.9 Å². The van der Waals surface area contributed by atoms with Crippen molar-refractivity contribution >= 4 is 42.3 Å². The van der Waals surface area contributed by atoms with Crippen molar-refractivity contribution in [3.05, 3.63) is 64.8 Å². The number of benzene rings is 2. The van der Waals surface area contributed by atoms with Gasteiger partial charge in [-0.15, -0.1) is 0 Å².